The van der Waals surface area contributed by atoms with Crippen LogP contribution >= 0.6 is 0 Å². The van der Waals surface area contributed by atoms with Crippen molar-refractivity contribution in [2.24, 2.45) is 0 Å². The Morgan fingerprint density at radius 1 is 0.512 bits per heavy atom. The molecule has 4 nitrogen and oxygen atoms in total. The van der Waals surface area contributed by atoms with Crippen molar-refractivity contribution in [2.45, 2.75) is 207 Å². The van der Waals surface area contributed by atoms with E-state index in [1.807, 2.05) is 6.92 Å². The maximum absolute atomic E-state index is 13.1. The fourth-order valence-electron chi connectivity index (χ4n) is 5.87. The van der Waals surface area contributed by atoms with Crippen LogP contribution in [0.5, 0.6) is 0 Å². The Hall–Kier alpha value is -0.610. The summed E-state index contributed by atoms with van der Waals surface area (Å²) in [6.45, 7) is 13.7. The van der Waals surface area contributed by atoms with Gasteiger partial charge in [0.2, 0.25) is 0 Å². The van der Waals surface area contributed by atoms with E-state index in [0.717, 1.165) is 58.0 Å². The molecule has 0 aromatic carbocycles. The van der Waals surface area contributed by atoms with Gasteiger partial charge in [-0.1, -0.05) is 163 Å². The first kappa shape index (κ1) is 40.4. The summed E-state index contributed by atoms with van der Waals surface area (Å²) in [5, 5.41) is 0. The summed E-state index contributed by atoms with van der Waals surface area (Å²) in [7, 11) is 2.25. The van der Waals surface area contributed by atoms with Crippen LogP contribution in [0.25, 0.3) is 0 Å². The van der Waals surface area contributed by atoms with Crippen molar-refractivity contribution in [2.75, 3.05) is 26.7 Å². The fraction of sp³-hybridized carbons (Fsp3) is 0.973. The predicted molar refractivity (Wildman–Crippen MR) is 179 cm³/mol. The molecule has 0 aliphatic rings. The van der Waals surface area contributed by atoms with E-state index in [4.69, 9.17) is 9.47 Å². The van der Waals surface area contributed by atoms with Crippen LogP contribution in [-0.2, 0) is 14.3 Å². The van der Waals surface area contributed by atoms with Crippen LogP contribution in [0.15, 0.2) is 0 Å². The Morgan fingerprint density at radius 2 is 0.854 bits per heavy atom. The summed E-state index contributed by atoms with van der Waals surface area (Å²) in [4.78, 5) is 13.1. The van der Waals surface area contributed by atoms with E-state index >= 15 is 0 Å². The highest BCUT2D eigenvalue weighted by Gasteiger charge is 2.48. The van der Waals surface area contributed by atoms with Crippen molar-refractivity contribution in [3.05, 3.63) is 0 Å². The van der Waals surface area contributed by atoms with Gasteiger partial charge < -0.3 is 4.74 Å². The minimum atomic E-state index is -0.904. The lowest BCUT2D eigenvalue weighted by atomic mass is 10.1. The Labute approximate surface area is 258 Å². The number of carbonyl (C=O) groups is 1. The second-order valence-electron chi connectivity index (χ2n) is 13.2. The van der Waals surface area contributed by atoms with Crippen LogP contribution in [0.1, 0.15) is 202 Å². The van der Waals surface area contributed by atoms with E-state index in [9.17, 15) is 4.79 Å². The molecule has 0 aliphatic carbocycles. The molecule has 0 rings (SSSR count). The number of carbonyl (C=O) groups excluding carboxylic acids is 1. The van der Waals surface area contributed by atoms with Crippen molar-refractivity contribution in [3.63, 3.8) is 0 Å². The van der Waals surface area contributed by atoms with Gasteiger partial charge in [0.15, 0.2) is 0 Å². The van der Waals surface area contributed by atoms with Crippen LogP contribution < -0.4 is 0 Å². The molecule has 1 unspecified atom stereocenters. The standard InChI is InChI=1S/C37H76NO3/c1-7-11-15-17-19-21-22-23-25-27-29-31-35-40-37(5,38(6,33-13-9-3)34-14-10-4)41-36(39)32-30-28-26-24-20-18-16-12-8-2/h7-35H2,1-6H3/q+1. The molecule has 0 heterocycles. The number of nitrogens with zero attached hydrogens (tertiary/aromatic N) is 1. The summed E-state index contributed by atoms with van der Waals surface area (Å²) in [6, 6.07) is 0. The smallest absolute Gasteiger partial charge is 0.360 e. The van der Waals surface area contributed by atoms with E-state index in [2.05, 4.69) is 34.7 Å². The number of ether oxygens (including phenoxy) is 2. The number of quaternary nitrogens is 1. The van der Waals surface area contributed by atoms with Gasteiger partial charge in [-0.05, 0) is 25.7 Å². The van der Waals surface area contributed by atoms with E-state index in [-0.39, 0.29) is 5.97 Å². The lowest BCUT2D eigenvalue weighted by molar-refractivity contribution is -1.01. The average molecular weight is 583 g/mol. The van der Waals surface area contributed by atoms with Crippen LogP contribution in [0, 0.1) is 0 Å². The van der Waals surface area contributed by atoms with E-state index in [1.54, 1.807) is 0 Å². The quantitative estimate of drug-likeness (QED) is 0.0342. The molecule has 0 radical (unpaired) electrons. The van der Waals surface area contributed by atoms with Crippen molar-refractivity contribution < 1.29 is 18.8 Å². The molecule has 0 saturated heterocycles. The first-order valence-corrected chi connectivity index (χ1v) is 18.6. The maximum Gasteiger partial charge on any atom is 0.360 e. The lowest BCUT2D eigenvalue weighted by Crippen LogP contribution is -2.64. The lowest BCUT2D eigenvalue weighted by Gasteiger charge is -2.47. The second-order valence-corrected chi connectivity index (χ2v) is 13.2. The summed E-state index contributed by atoms with van der Waals surface area (Å²) in [6.07, 6.45) is 32.3. The second kappa shape index (κ2) is 28.2. The molecule has 0 aromatic rings. The number of unbranched alkanes of at least 4 members (excludes halogenated alkanes) is 21. The zero-order chi connectivity index (χ0) is 30.5. The molecule has 0 saturated carbocycles. The van der Waals surface area contributed by atoms with Gasteiger partial charge in [0.05, 0.1) is 33.7 Å². The zero-order valence-corrected chi connectivity index (χ0v) is 29.2. The molecule has 0 amide bonds. The van der Waals surface area contributed by atoms with Crippen molar-refractivity contribution in [1.82, 2.24) is 0 Å². The molecule has 0 spiro atoms. The predicted octanol–water partition coefficient (Wildman–Crippen LogP) is 11.9. The topological polar surface area (TPSA) is 35.5 Å². The Kier molecular flexibility index (Phi) is 27.8. The molecule has 0 aromatic heterocycles. The van der Waals surface area contributed by atoms with Crippen LogP contribution in [-0.4, -0.2) is 43.1 Å². The molecule has 0 bridgehead atoms. The van der Waals surface area contributed by atoms with Gasteiger partial charge in [0, 0.05) is 6.42 Å². The van der Waals surface area contributed by atoms with Crippen molar-refractivity contribution in [1.29, 1.82) is 0 Å². The van der Waals surface area contributed by atoms with Crippen LogP contribution in [0.3, 0.4) is 0 Å². The third kappa shape index (κ3) is 21.7. The van der Waals surface area contributed by atoms with E-state index < -0.39 is 5.91 Å². The Morgan fingerprint density at radius 3 is 1.24 bits per heavy atom. The number of rotatable bonds is 32. The Bertz CT molecular complexity index is 558. The molecule has 4 heteroatoms. The molecular weight excluding hydrogens is 506 g/mol. The average Bonchev–Trinajstić information content (AvgIpc) is 2.96. The van der Waals surface area contributed by atoms with Crippen LogP contribution in [0.2, 0.25) is 0 Å². The summed E-state index contributed by atoms with van der Waals surface area (Å²) in [5.74, 6) is -0.985. The van der Waals surface area contributed by atoms with Gasteiger partial charge >= 0.3 is 11.9 Å². The summed E-state index contributed by atoms with van der Waals surface area (Å²) < 4.78 is 13.5. The first-order valence-electron chi connectivity index (χ1n) is 18.6. The Balaban J connectivity index is 4.62. The van der Waals surface area contributed by atoms with Crippen LogP contribution in [0.4, 0.5) is 0 Å². The van der Waals surface area contributed by atoms with Gasteiger partial charge in [-0.2, -0.15) is 0 Å². The highest BCUT2D eigenvalue weighted by molar-refractivity contribution is 5.69. The monoisotopic (exact) mass is 583 g/mol. The molecule has 0 N–H and O–H groups in total. The minimum absolute atomic E-state index is 0.0810. The normalized spacial score (nSPS) is 13.4. The van der Waals surface area contributed by atoms with Gasteiger partial charge in [-0.3, -0.25) is 14.0 Å². The summed E-state index contributed by atoms with van der Waals surface area (Å²) >= 11 is 0. The molecule has 246 valence electrons. The highest BCUT2D eigenvalue weighted by Crippen LogP contribution is 2.30. The van der Waals surface area contributed by atoms with Gasteiger partial charge in [-0.15, -0.1) is 0 Å². The van der Waals surface area contributed by atoms with Crippen molar-refractivity contribution in [3.8, 4) is 0 Å². The first-order chi connectivity index (χ1) is 19.9. The summed E-state index contributed by atoms with van der Waals surface area (Å²) in [5.41, 5.74) is 0. The fourth-order valence-corrected chi connectivity index (χ4v) is 5.87. The number of hydrogen-bond donors (Lipinski definition) is 0. The minimum Gasteiger partial charge on any atom is -0.384 e. The number of esters is 1. The molecule has 0 aliphatic heterocycles. The third-order valence-electron chi connectivity index (χ3n) is 9.15. The maximum atomic E-state index is 13.1. The highest BCUT2D eigenvalue weighted by atomic mass is 16.7. The van der Waals surface area contributed by atoms with Gasteiger partial charge in [-0.25, -0.2) is 0 Å². The molecular formula is C37H76NO3+. The van der Waals surface area contributed by atoms with E-state index in [1.165, 1.54) is 116 Å². The SMILES string of the molecule is CCCCCCCCCCCCCCOC(C)(OC(=O)CCCCCCCCCCC)[N+](C)(CCCC)CCCC. The van der Waals surface area contributed by atoms with Gasteiger partial charge in [0.25, 0.3) is 0 Å². The molecule has 41 heavy (non-hydrogen) atoms. The number of hydrogen-bond acceptors (Lipinski definition) is 3. The zero-order valence-electron chi connectivity index (χ0n) is 29.2. The van der Waals surface area contributed by atoms with Gasteiger partial charge in [0.1, 0.15) is 0 Å². The van der Waals surface area contributed by atoms with Crippen molar-refractivity contribution >= 4 is 5.97 Å². The molecule has 1 atom stereocenters. The molecule has 0 fully saturated rings. The largest absolute Gasteiger partial charge is 0.384 e. The van der Waals surface area contributed by atoms with E-state index in [0.29, 0.717) is 17.5 Å². The third-order valence-corrected chi connectivity index (χ3v) is 9.15.